The van der Waals surface area contributed by atoms with Gasteiger partial charge in [0.1, 0.15) is 0 Å². The van der Waals surface area contributed by atoms with E-state index in [2.05, 4.69) is 82.3 Å². The van der Waals surface area contributed by atoms with Gasteiger partial charge >= 0.3 is 0 Å². The molecule has 0 aliphatic carbocycles. The fourth-order valence-electron chi connectivity index (χ4n) is 2.92. The fraction of sp³-hybridized carbons (Fsp3) is 0.667. The predicted molar refractivity (Wildman–Crippen MR) is 89.2 cm³/mol. The second-order valence-corrected chi connectivity index (χ2v) is 7.29. The molecule has 0 aromatic heterocycles. The third kappa shape index (κ3) is 6.06. The lowest BCUT2D eigenvalue weighted by atomic mass is 9.87. The van der Waals surface area contributed by atoms with Gasteiger partial charge in [-0.1, -0.05) is 58.0 Å². The highest BCUT2D eigenvalue weighted by molar-refractivity contribution is 5.20. The Labute approximate surface area is 125 Å². The zero-order chi connectivity index (χ0) is 15.2. The average molecular weight is 276 g/mol. The minimum Gasteiger partial charge on any atom is -0.316 e. The molecule has 0 bridgehead atoms. The van der Waals surface area contributed by atoms with Gasteiger partial charge in [0, 0.05) is 19.6 Å². The Morgan fingerprint density at radius 1 is 1.10 bits per heavy atom. The van der Waals surface area contributed by atoms with E-state index in [1.807, 2.05) is 0 Å². The van der Waals surface area contributed by atoms with Crippen molar-refractivity contribution in [2.75, 3.05) is 33.7 Å². The molecule has 0 spiro atoms. The summed E-state index contributed by atoms with van der Waals surface area (Å²) in [4.78, 5) is 2.26. The minimum absolute atomic E-state index is 0.307. The Hall–Kier alpha value is -0.860. The van der Waals surface area contributed by atoms with Gasteiger partial charge in [-0.05, 0) is 36.9 Å². The molecule has 0 saturated heterocycles. The molecule has 1 aromatic carbocycles. The topological polar surface area (TPSA) is 15.3 Å². The van der Waals surface area contributed by atoms with Crippen molar-refractivity contribution in [1.29, 1.82) is 0 Å². The Bertz CT molecular complexity index is 368. The van der Waals surface area contributed by atoms with Crippen LogP contribution in [0.2, 0.25) is 0 Å². The quantitative estimate of drug-likeness (QED) is 0.780. The van der Waals surface area contributed by atoms with Crippen LogP contribution >= 0.6 is 0 Å². The molecule has 0 heterocycles. The summed E-state index contributed by atoms with van der Waals surface area (Å²) < 4.78 is 0. The summed E-state index contributed by atoms with van der Waals surface area (Å²) in [6, 6.07) is 10.9. The van der Waals surface area contributed by atoms with E-state index >= 15 is 0 Å². The highest BCUT2D eigenvalue weighted by Crippen LogP contribution is 2.24. The van der Waals surface area contributed by atoms with Gasteiger partial charge in [0.2, 0.25) is 0 Å². The van der Waals surface area contributed by atoms with Crippen molar-refractivity contribution in [2.45, 2.75) is 33.6 Å². The largest absolute Gasteiger partial charge is 0.316 e. The van der Waals surface area contributed by atoms with Gasteiger partial charge in [-0.3, -0.25) is 0 Å². The van der Waals surface area contributed by atoms with Crippen LogP contribution in [0.15, 0.2) is 30.3 Å². The Morgan fingerprint density at radius 3 is 2.20 bits per heavy atom. The number of rotatable bonds is 8. The summed E-state index contributed by atoms with van der Waals surface area (Å²) in [6.45, 7) is 12.5. The molecule has 20 heavy (non-hydrogen) atoms. The van der Waals surface area contributed by atoms with E-state index in [9.17, 15) is 0 Å². The molecule has 0 amide bonds. The van der Waals surface area contributed by atoms with Crippen molar-refractivity contribution < 1.29 is 0 Å². The first-order valence-corrected chi connectivity index (χ1v) is 7.72. The van der Waals surface area contributed by atoms with Crippen LogP contribution in [-0.4, -0.2) is 38.6 Å². The zero-order valence-electron chi connectivity index (χ0n) is 14.1. The van der Waals surface area contributed by atoms with Gasteiger partial charge in [-0.15, -0.1) is 0 Å². The standard InChI is InChI=1S/C18H32N2/c1-15(2)17(16-10-8-7-9-11-16)12-19-13-18(3,4)14-20(5)6/h7-11,15,17,19H,12-14H2,1-6H3. The number of hydrogen-bond donors (Lipinski definition) is 1. The molecular weight excluding hydrogens is 244 g/mol. The summed E-state index contributed by atoms with van der Waals surface area (Å²) in [5.41, 5.74) is 1.75. The molecule has 0 saturated carbocycles. The summed E-state index contributed by atoms with van der Waals surface area (Å²) >= 11 is 0. The minimum atomic E-state index is 0.307. The van der Waals surface area contributed by atoms with Crippen LogP contribution in [0, 0.1) is 11.3 Å². The van der Waals surface area contributed by atoms with Gasteiger partial charge < -0.3 is 10.2 Å². The highest BCUT2D eigenvalue weighted by atomic mass is 15.1. The molecule has 1 atom stereocenters. The van der Waals surface area contributed by atoms with Gasteiger partial charge in [0.15, 0.2) is 0 Å². The van der Waals surface area contributed by atoms with E-state index in [1.54, 1.807) is 0 Å². The van der Waals surface area contributed by atoms with Crippen molar-refractivity contribution >= 4 is 0 Å². The van der Waals surface area contributed by atoms with E-state index in [1.165, 1.54) is 5.56 Å². The zero-order valence-corrected chi connectivity index (χ0v) is 14.1. The van der Waals surface area contributed by atoms with E-state index in [0.717, 1.165) is 19.6 Å². The molecule has 2 heteroatoms. The molecule has 1 N–H and O–H groups in total. The lowest BCUT2D eigenvalue weighted by molar-refractivity contribution is 0.230. The Morgan fingerprint density at radius 2 is 1.70 bits per heavy atom. The van der Waals surface area contributed by atoms with Crippen molar-refractivity contribution in [3.63, 3.8) is 0 Å². The molecule has 2 nitrogen and oxygen atoms in total. The first-order valence-electron chi connectivity index (χ1n) is 7.72. The predicted octanol–water partition coefficient (Wildman–Crippen LogP) is 3.60. The molecule has 0 radical (unpaired) electrons. The highest BCUT2D eigenvalue weighted by Gasteiger charge is 2.20. The summed E-state index contributed by atoms with van der Waals surface area (Å²) in [6.07, 6.45) is 0. The maximum absolute atomic E-state index is 3.68. The molecule has 1 aromatic rings. The molecule has 1 unspecified atom stereocenters. The third-order valence-electron chi connectivity index (χ3n) is 3.74. The summed E-state index contributed by atoms with van der Waals surface area (Å²) in [5, 5.41) is 3.68. The van der Waals surface area contributed by atoms with Crippen molar-refractivity contribution in [2.24, 2.45) is 11.3 Å². The number of nitrogens with one attached hydrogen (secondary N) is 1. The van der Waals surface area contributed by atoms with Crippen LogP contribution in [0.25, 0.3) is 0 Å². The summed E-state index contributed by atoms with van der Waals surface area (Å²) in [5.74, 6) is 1.24. The van der Waals surface area contributed by atoms with E-state index in [0.29, 0.717) is 17.3 Å². The lowest BCUT2D eigenvalue weighted by Gasteiger charge is -2.30. The van der Waals surface area contributed by atoms with Gasteiger partial charge in [-0.2, -0.15) is 0 Å². The van der Waals surface area contributed by atoms with Crippen molar-refractivity contribution in [1.82, 2.24) is 10.2 Å². The lowest BCUT2D eigenvalue weighted by Crippen LogP contribution is -2.39. The molecule has 114 valence electrons. The van der Waals surface area contributed by atoms with E-state index < -0.39 is 0 Å². The second kappa shape index (κ2) is 7.80. The van der Waals surface area contributed by atoms with Gasteiger partial charge in [0.05, 0.1) is 0 Å². The summed E-state index contributed by atoms with van der Waals surface area (Å²) in [7, 11) is 4.28. The third-order valence-corrected chi connectivity index (χ3v) is 3.74. The number of benzene rings is 1. The number of nitrogens with zero attached hydrogens (tertiary/aromatic N) is 1. The van der Waals surface area contributed by atoms with Crippen molar-refractivity contribution in [3.8, 4) is 0 Å². The second-order valence-electron chi connectivity index (χ2n) is 7.29. The average Bonchev–Trinajstić information content (AvgIpc) is 2.33. The first-order chi connectivity index (χ1) is 9.32. The van der Waals surface area contributed by atoms with Crippen LogP contribution in [0.5, 0.6) is 0 Å². The van der Waals surface area contributed by atoms with Crippen LogP contribution in [0.1, 0.15) is 39.2 Å². The molecular formula is C18H32N2. The van der Waals surface area contributed by atoms with Crippen LogP contribution in [0.3, 0.4) is 0 Å². The smallest absolute Gasteiger partial charge is 0.00387 e. The first kappa shape index (κ1) is 17.2. The van der Waals surface area contributed by atoms with Crippen LogP contribution < -0.4 is 5.32 Å². The van der Waals surface area contributed by atoms with E-state index in [4.69, 9.17) is 0 Å². The normalized spacial score (nSPS) is 14.0. The Kier molecular flexibility index (Phi) is 6.70. The Balaban J connectivity index is 2.53. The van der Waals surface area contributed by atoms with Crippen molar-refractivity contribution in [3.05, 3.63) is 35.9 Å². The molecule has 0 aliphatic rings. The maximum Gasteiger partial charge on any atom is 0.00387 e. The SMILES string of the molecule is CC(C)C(CNCC(C)(C)CN(C)C)c1ccccc1. The molecule has 0 fully saturated rings. The monoisotopic (exact) mass is 276 g/mol. The molecule has 0 aliphatic heterocycles. The van der Waals surface area contributed by atoms with Crippen LogP contribution in [-0.2, 0) is 0 Å². The number of hydrogen-bond acceptors (Lipinski definition) is 2. The van der Waals surface area contributed by atoms with Gasteiger partial charge in [-0.25, -0.2) is 0 Å². The fourth-order valence-corrected chi connectivity index (χ4v) is 2.92. The molecule has 1 rings (SSSR count). The van der Waals surface area contributed by atoms with Crippen LogP contribution in [0.4, 0.5) is 0 Å². The maximum atomic E-state index is 3.68. The van der Waals surface area contributed by atoms with E-state index in [-0.39, 0.29) is 0 Å². The van der Waals surface area contributed by atoms with Gasteiger partial charge in [0.25, 0.3) is 0 Å².